The molecule has 0 atom stereocenters. The van der Waals surface area contributed by atoms with Gasteiger partial charge in [0.15, 0.2) is 0 Å². The molecule has 1 N–H and O–H groups in total. The van der Waals surface area contributed by atoms with Crippen LogP contribution in [0.25, 0.3) is 11.1 Å². The minimum Gasteiger partial charge on any atom is -0.444 e. The van der Waals surface area contributed by atoms with E-state index in [4.69, 9.17) is 4.74 Å². The normalized spacial score (nSPS) is 12.9. The monoisotopic (exact) mass is 613 g/mol. The number of nitrogens with one attached hydrogen (secondary N) is 1. The summed E-state index contributed by atoms with van der Waals surface area (Å²) < 4.78 is 5.63. The van der Waals surface area contributed by atoms with Gasteiger partial charge in [-0.3, -0.25) is 14.6 Å². The Hall–Kier alpha value is -4.37. The lowest BCUT2D eigenvalue weighted by atomic mass is 10.0. The van der Waals surface area contributed by atoms with Gasteiger partial charge in [-0.1, -0.05) is 66.7 Å². The lowest BCUT2D eigenvalue weighted by Crippen LogP contribution is -2.51. The maximum absolute atomic E-state index is 13.8. The van der Waals surface area contributed by atoms with Gasteiger partial charge in [0.1, 0.15) is 12.1 Å². The zero-order valence-corrected chi connectivity index (χ0v) is 27.7. The lowest BCUT2D eigenvalue weighted by Gasteiger charge is -2.33. The number of benzene rings is 3. The van der Waals surface area contributed by atoms with Gasteiger partial charge in [-0.15, -0.1) is 0 Å². The quantitative estimate of drug-likeness (QED) is 0.288. The molecular weight excluding hydrogens is 566 g/mol. The molecule has 9 heteroatoms. The van der Waals surface area contributed by atoms with Crippen molar-refractivity contribution in [1.82, 2.24) is 19.8 Å². The highest BCUT2D eigenvalue weighted by atomic mass is 16.6. The molecule has 0 saturated carbocycles. The molecule has 0 saturated heterocycles. The third kappa shape index (κ3) is 9.08. The van der Waals surface area contributed by atoms with Crippen LogP contribution in [0.2, 0.25) is 0 Å². The molecule has 0 fully saturated rings. The SMILES string of the molecule is Cc1ccc(-c2ccccc2)cc1NCC(=O)N(CCN(C(=O)OC(C)(C)C)C(C)C)CC(=O)N(C)N1Cc2ccccc2C1. The van der Waals surface area contributed by atoms with E-state index in [-0.39, 0.29) is 44.0 Å². The number of fused-ring (bicyclic) bond motifs is 1. The second kappa shape index (κ2) is 14.6. The summed E-state index contributed by atoms with van der Waals surface area (Å²) in [6.07, 6.45) is -0.449. The number of hydrazine groups is 1. The number of rotatable bonds is 11. The van der Waals surface area contributed by atoms with E-state index in [0.29, 0.717) is 13.1 Å². The lowest BCUT2D eigenvalue weighted by molar-refractivity contribution is -0.151. The first-order valence-corrected chi connectivity index (χ1v) is 15.6. The molecule has 240 valence electrons. The van der Waals surface area contributed by atoms with Crippen molar-refractivity contribution in [3.8, 4) is 11.1 Å². The standard InChI is InChI=1S/C36H47N5O4/c1-26(2)41(35(44)45-36(4,5)6)20-19-39(25-34(43)38(7)40-23-30-15-11-12-16-31(30)24-40)33(42)22-37-32-21-29(18-17-27(32)3)28-13-9-8-10-14-28/h8-18,21,26,37H,19-20,22-25H2,1-7H3. The van der Waals surface area contributed by atoms with Crippen molar-refractivity contribution in [1.29, 1.82) is 0 Å². The number of hydrogen-bond donors (Lipinski definition) is 1. The van der Waals surface area contributed by atoms with Crippen molar-refractivity contribution in [2.75, 3.05) is 38.5 Å². The summed E-state index contributed by atoms with van der Waals surface area (Å²) in [4.78, 5) is 43.5. The van der Waals surface area contributed by atoms with Crippen LogP contribution in [0.5, 0.6) is 0 Å². The number of aryl methyl sites for hydroxylation is 1. The highest BCUT2D eigenvalue weighted by Gasteiger charge is 2.29. The Labute approximate surface area is 267 Å². The fourth-order valence-electron chi connectivity index (χ4n) is 5.26. The summed E-state index contributed by atoms with van der Waals surface area (Å²) in [6.45, 7) is 12.8. The second-order valence-electron chi connectivity index (χ2n) is 12.8. The van der Waals surface area contributed by atoms with Gasteiger partial charge in [0.25, 0.3) is 5.91 Å². The molecular formula is C36H47N5O4. The van der Waals surface area contributed by atoms with Crippen molar-refractivity contribution in [3.63, 3.8) is 0 Å². The van der Waals surface area contributed by atoms with Gasteiger partial charge in [-0.25, -0.2) is 9.80 Å². The largest absolute Gasteiger partial charge is 0.444 e. The Kier molecular flexibility index (Phi) is 10.9. The number of nitrogens with zero attached hydrogens (tertiary/aromatic N) is 4. The predicted octanol–water partition coefficient (Wildman–Crippen LogP) is 5.94. The first kappa shape index (κ1) is 33.5. The van der Waals surface area contributed by atoms with Crippen LogP contribution in [0.3, 0.4) is 0 Å². The van der Waals surface area contributed by atoms with Gasteiger partial charge in [-0.05, 0) is 75.4 Å². The van der Waals surface area contributed by atoms with E-state index in [0.717, 1.165) is 22.4 Å². The van der Waals surface area contributed by atoms with Crippen LogP contribution in [0.1, 0.15) is 51.3 Å². The molecule has 1 heterocycles. The van der Waals surface area contributed by atoms with Gasteiger partial charge in [0.05, 0.1) is 6.54 Å². The summed E-state index contributed by atoms with van der Waals surface area (Å²) in [5, 5.41) is 6.89. The number of likely N-dealkylation sites (N-methyl/N-ethyl adjacent to an activating group) is 1. The van der Waals surface area contributed by atoms with Gasteiger partial charge in [0, 0.05) is 45.0 Å². The van der Waals surface area contributed by atoms with Crippen LogP contribution < -0.4 is 5.32 Å². The average molecular weight is 614 g/mol. The maximum atomic E-state index is 13.8. The summed E-state index contributed by atoms with van der Waals surface area (Å²) in [7, 11) is 1.74. The average Bonchev–Trinajstić information content (AvgIpc) is 3.43. The fraction of sp³-hybridized carbons (Fsp3) is 0.417. The molecule has 3 amide bonds. The van der Waals surface area contributed by atoms with Crippen LogP contribution >= 0.6 is 0 Å². The number of carbonyl (C=O) groups is 3. The molecule has 4 rings (SSSR count). The van der Waals surface area contributed by atoms with E-state index in [9.17, 15) is 14.4 Å². The molecule has 45 heavy (non-hydrogen) atoms. The first-order chi connectivity index (χ1) is 21.3. The Morgan fingerprint density at radius 3 is 2.09 bits per heavy atom. The summed E-state index contributed by atoms with van der Waals surface area (Å²) in [5.74, 6) is -0.439. The molecule has 0 radical (unpaired) electrons. The van der Waals surface area contributed by atoms with Gasteiger partial charge in [0.2, 0.25) is 5.91 Å². The predicted molar refractivity (Wildman–Crippen MR) is 178 cm³/mol. The fourth-order valence-corrected chi connectivity index (χ4v) is 5.26. The summed E-state index contributed by atoms with van der Waals surface area (Å²) in [6, 6.07) is 24.2. The molecule has 3 aromatic rings. The molecule has 1 aliphatic rings. The molecule has 0 aromatic heterocycles. The minimum absolute atomic E-state index is 0.000646. The Morgan fingerprint density at radius 2 is 1.49 bits per heavy atom. The second-order valence-corrected chi connectivity index (χ2v) is 12.8. The zero-order chi connectivity index (χ0) is 32.7. The number of ether oxygens (including phenoxy) is 1. The van der Waals surface area contributed by atoms with E-state index < -0.39 is 11.7 Å². The smallest absolute Gasteiger partial charge is 0.410 e. The van der Waals surface area contributed by atoms with E-state index in [1.54, 1.807) is 17.0 Å². The van der Waals surface area contributed by atoms with Gasteiger partial charge in [-0.2, -0.15) is 0 Å². The van der Waals surface area contributed by atoms with Crippen LogP contribution in [0, 0.1) is 6.92 Å². The third-order valence-electron chi connectivity index (χ3n) is 7.93. The van der Waals surface area contributed by atoms with Crippen molar-refractivity contribution in [2.24, 2.45) is 0 Å². The van der Waals surface area contributed by atoms with E-state index in [1.807, 2.05) is 101 Å². The zero-order valence-electron chi connectivity index (χ0n) is 27.7. The highest BCUT2D eigenvalue weighted by Crippen LogP contribution is 2.26. The van der Waals surface area contributed by atoms with Crippen molar-refractivity contribution >= 4 is 23.6 Å². The number of amides is 3. The summed E-state index contributed by atoms with van der Waals surface area (Å²) in [5.41, 5.74) is 5.71. The van der Waals surface area contributed by atoms with Crippen LogP contribution in [0.4, 0.5) is 10.5 Å². The Morgan fingerprint density at radius 1 is 0.867 bits per heavy atom. The first-order valence-electron chi connectivity index (χ1n) is 15.6. The summed E-state index contributed by atoms with van der Waals surface area (Å²) >= 11 is 0. The van der Waals surface area contributed by atoms with E-state index in [1.165, 1.54) is 16.0 Å². The third-order valence-corrected chi connectivity index (χ3v) is 7.93. The Balaban J connectivity index is 1.48. The number of carbonyl (C=O) groups excluding carboxylic acids is 3. The van der Waals surface area contributed by atoms with Crippen LogP contribution in [-0.2, 0) is 27.4 Å². The van der Waals surface area contributed by atoms with Gasteiger partial charge < -0.3 is 19.9 Å². The van der Waals surface area contributed by atoms with E-state index >= 15 is 0 Å². The molecule has 9 nitrogen and oxygen atoms in total. The molecule has 0 spiro atoms. The van der Waals surface area contributed by atoms with Crippen molar-refractivity contribution in [3.05, 3.63) is 89.5 Å². The highest BCUT2D eigenvalue weighted by molar-refractivity contribution is 5.87. The number of anilines is 1. The van der Waals surface area contributed by atoms with Crippen LogP contribution in [0.15, 0.2) is 72.8 Å². The maximum Gasteiger partial charge on any atom is 0.410 e. The topological polar surface area (TPSA) is 85.4 Å². The number of hydrogen-bond acceptors (Lipinski definition) is 6. The molecule has 3 aromatic carbocycles. The minimum atomic E-state index is -0.651. The van der Waals surface area contributed by atoms with E-state index in [2.05, 4.69) is 23.5 Å². The molecule has 0 bridgehead atoms. The molecule has 0 unspecified atom stereocenters. The van der Waals surface area contributed by atoms with Crippen molar-refractivity contribution in [2.45, 2.75) is 66.3 Å². The molecule has 1 aliphatic heterocycles. The Bertz CT molecular complexity index is 1460. The molecule has 0 aliphatic carbocycles. The van der Waals surface area contributed by atoms with Gasteiger partial charge >= 0.3 is 6.09 Å². The van der Waals surface area contributed by atoms with Crippen molar-refractivity contribution < 1.29 is 19.1 Å². The van der Waals surface area contributed by atoms with Crippen LogP contribution in [-0.4, -0.2) is 82.6 Å².